The van der Waals surface area contributed by atoms with Gasteiger partial charge in [0.1, 0.15) is 5.75 Å². The molecule has 3 amide bonds. The molecule has 1 atom stereocenters. The number of piperidine rings is 1. The van der Waals surface area contributed by atoms with E-state index in [1.165, 1.54) is 5.01 Å². The lowest BCUT2D eigenvalue weighted by atomic mass is 9.98. The van der Waals surface area contributed by atoms with Crippen LogP contribution in [0.1, 0.15) is 49.3 Å². The van der Waals surface area contributed by atoms with Gasteiger partial charge in [0.25, 0.3) is 0 Å². The topological polar surface area (TPSA) is 117 Å². The van der Waals surface area contributed by atoms with Crippen molar-refractivity contribution in [2.24, 2.45) is 10.8 Å². The number of rotatable bonds is 9. The monoisotopic (exact) mass is 491 g/mol. The Labute approximate surface area is 211 Å². The van der Waals surface area contributed by atoms with Crippen molar-refractivity contribution in [3.63, 3.8) is 0 Å². The van der Waals surface area contributed by atoms with Crippen LogP contribution in [0.3, 0.4) is 0 Å². The first-order valence-electron chi connectivity index (χ1n) is 12.3. The highest BCUT2D eigenvalue weighted by molar-refractivity contribution is 6.03. The summed E-state index contributed by atoms with van der Waals surface area (Å²) >= 11 is 0. The van der Waals surface area contributed by atoms with E-state index >= 15 is 0 Å². The molecular weight excluding hydrogens is 458 g/mol. The molecule has 0 bridgehead atoms. The lowest BCUT2D eigenvalue weighted by molar-refractivity contribution is -0.135. The molecule has 2 aromatic rings. The smallest absolute Gasteiger partial charge is 0.243 e. The average molecular weight is 492 g/mol. The van der Waals surface area contributed by atoms with Gasteiger partial charge < -0.3 is 15.8 Å². The summed E-state index contributed by atoms with van der Waals surface area (Å²) in [6.07, 6.45) is 2.28. The molecule has 1 fully saturated rings. The van der Waals surface area contributed by atoms with Crippen LogP contribution in [0.15, 0.2) is 59.7 Å². The van der Waals surface area contributed by atoms with Crippen LogP contribution in [-0.2, 0) is 14.4 Å². The second-order valence-electron chi connectivity index (χ2n) is 9.23. The van der Waals surface area contributed by atoms with Crippen molar-refractivity contribution < 1.29 is 19.1 Å². The number of nitrogens with two attached hydrogens (primary N) is 1. The Morgan fingerprint density at radius 1 is 1.03 bits per heavy atom. The first-order chi connectivity index (χ1) is 17.4. The molecule has 2 heterocycles. The van der Waals surface area contributed by atoms with E-state index in [4.69, 9.17) is 10.5 Å². The molecule has 0 spiro atoms. The largest absolute Gasteiger partial charge is 0.497 e. The second-order valence-corrected chi connectivity index (χ2v) is 9.23. The fraction of sp³-hybridized carbons (Fsp3) is 0.407. The Morgan fingerprint density at radius 3 is 2.36 bits per heavy atom. The highest BCUT2D eigenvalue weighted by Crippen LogP contribution is 2.34. The number of nitrogens with one attached hydrogen (secondary N) is 1. The standard InChI is InChI=1S/C27H33N5O4/c1-36-22-9-7-20(8-10-22)24-17-23(19-5-3-2-4-6-19)30-32(24)27(35)12-11-26(34)29-21-13-15-31(16-14-21)18-25(28)33/h2-10,21,24H,11-18H2,1H3,(H2,28,33)(H,29,34). The molecule has 0 aliphatic carbocycles. The molecule has 1 unspecified atom stereocenters. The van der Waals surface area contributed by atoms with E-state index in [9.17, 15) is 14.4 Å². The zero-order valence-electron chi connectivity index (χ0n) is 20.6. The first-order valence-corrected chi connectivity index (χ1v) is 12.3. The highest BCUT2D eigenvalue weighted by atomic mass is 16.5. The van der Waals surface area contributed by atoms with Gasteiger partial charge in [-0.25, -0.2) is 5.01 Å². The predicted molar refractivity (Wildman–Crippen MR) is 136 cm³/mol. The molecule has 0 aromatic heterocycles. The van der Waals surface area contributed by atoms with Gasteiger partial charge in [-0.2, -0.15) is 5.10 Å². The number of ether oxygens (including phenoxy) is 1. The van der Waals surface area contributed by atoms with Gasteiger partial charge >= 0.3 is 0 Å². The minimum Gasteiger partial charge on any atom is -0.497 e. The average Bonchev–Trinajstić information content (AvgIpc) is 3.34. The molecule has 9 heteroatoms. The van der Waals surface area contributed by atoms with Crippen molar-refractivity contribution >= 4 is 23.4 Å². The Hall–Kier alpha value is -3.72. The first kappa shape index (κ1) is 25.4. The van der Waals surface area contributed by atoms with Crippen molar-refractivity contribution in [2.45, 2.75) is 44.2 Å². The summed E-state index contributed by atoms with van der Waals surface area (Å²) in [4.78, 5) is 38.9. The van der Waals surface area contributed by atoms with Crippen LogP contribution in [0.25, 0.3) is 0 Å². The Balaban J connectivity index is 1.37. The van der Waals surface area contributed by atoms with Crippen molar-refractivity contribution in [2.75, 3.05) is 26.7 Å². The van der Waals surface area contributed by atoms with Gasteiger partial charge in [-0.15, -0.1) is 0 Å². The quantitative estimate of drug-likeness (QED) is 0.558. The zero-order valence-corrected chi connectivity index (χ0v) is 20.6. The molecule has 2 aromatic carbocycles. The van der Waals surface area contributed by atoms with Gasteiger partial charge in [0.15, 0.2) is 0 Å². The maximum atomic E-state index is 13.2. The Bertz CT molecular complexity index is 1090. The van der Waals surface area contributed by atoms with Crippen LogP contribution in [0, 0.1) is 0 Å². The summed E-state index contributed by atoms with van der Waals surface area (Å²) in [5.74, 6) is 0.0669. The van der Waals surface area contributed by atoms with E-state index in [0.29, 0.717) is 19.5 Å². The number of hydrazone groups is 1. The molecule has 3 N–H and O–H groups in total. The van der Waals surface area contributed by atoms with E-state index in [1.54, 1.807) is 7.11 Å². The number of benzene rings is 2. The number of nitrogens with zero attached hydrogens (tertiary/aromatic N) is 3. The number of carbonyl (C=O) groups excluding carboxylic acids is 3. The van der Waals surface area contributed by atoms with Crippen LogP contribution in [0.4, 0.5) is 0 Å². The van der Waals surface area contributed by atoms with Gasteiger partial charge in [-0.3, -0.25) is 19.3 Å². The number of hydrogen-bond donors (Lipinski definition) is 2. The molecule has 36 heavy (non-hydrogen) atoms. The maximum Gasteiger partial charge on any atom is 0.243 e. The number of amides is 3. The molecule has 2 aliphatic heterocycles. The fourth-order valence-electron chi connectivity index (χ4n) is 4.72. The number of likely N-dealkylation sites (tertiary alicyclic amines) is 1. The highest BCUT2D eigenvalue weighted by Gasteiger charge is 2.33. The second kappa shape index (κ2) is 11.8. The number of carbonyl (C=O) groups is 3. The summed E-state index contributed by atoms with van der Waals surface area (Å²) in [5, 5.41) is 9.23. The molecule has 2 aliphatic rings. The van der Waals surface area contributed by atoms with Crippen LogP contribution < -0.4 is 15.8 Å². The van der Waals surface area contributed by atoms with Crippen molar-refractivity contribution in [3.8, 4) is 5.75 Å². The van der Waals surface area contributed by atoms with E-state index in [2.05, 4.69) is 10.4 Å². The van der Waals surface area contributed by atoms with Gasteiger partial charge in [0.2, 0.25) is 17.7 Å². The third-order valence-electron chi connectivity index (χ3n) is 6.67. The molecule has 4 rings (SSSR count). The third kappa shape index (κ3) is 6.48. The molecule has 1 saturated heterocycles. The van der Waals surface area contributed by atoms with Gasteiger partial charge in [-0.05, 0) is 36.1 Å². The number of methoxy groups -OCH3 is 1. The minimum absolute atomic E-state index is 0.0401. The van der Waals surface area contributed by atoms with Crippen molar-refractivity contribution in [3.05, 3.63) is 65.7 Å². The van der Waals surface area contributed by atoms with Gasteiger partial charge in [-0.1, -0.05) is 42.5 Å². The fourth-order valence-corrected chi connectivity index (χ4v) is 4.72. The Kier molecular flexibility index (Phi) is 8.32. The van der Waals surface area contributed by atoms with Gasteiger partial charge in [0.05, 0.1) is 25.4 Å². The van der Waals surface area contributed by atoms with E-state index in [0.717, 1.165) is 35.4 Å². The normalized spacial score (nSPS) is 18.5. The molecular formula is C27H33N5O4. The van der Waals surface area contributed by atoms with E-state index in [-0.39, 0.29) is 49.2 Å². The summed E-state index contributed by atoms with van der Waals surface area (Å²) in [6, 6.07) is 17.3. The van der Waals surface area contributed by atoms with Crippen LogP contribution in [0.2, 0.25) is 0 Å². The summed E-state index contributed by atoms with van der Waals surface area (Å²) < 4.78 is 5.27. The lowest BCUT2D eigenvalue weighted by Gasteiger charge is -2.31. The van der Waals surface area contributed by atoms with E-state index < -0.39 is 0 Å². The van der Waals surface area contributed by atoms with Crippen LogP contribution in [0.5, 0.6) is 5.75 Å². The zero-order chi connectivity index (χ0) is 25.5. The summed E-state index contributed by atoms with van der Waals surface area (Å²) in [5.41, 5.74) is 8.05. The SMILES string of the molecule is COc1ccc(C2CC(c3ccccc3)=NN2C(=O)CCC(=O)NC2CCN(CC(N)=O)CC2)cc1. The third-order valence-corrected chi connectivity index (χ3v) is 6.67. The van der Waals surface area contributed by atoms with Crippen molar-refractivity contribution in [1.82, 2.24) is 15.2 Å². The maximum absolute atomic E-state index is 13.2. The van der Waals surface area contributed by atoms with Crippen LogP contribution >= 0.6 is 0 Å². The summed E-state index contributed by atoms with van der Waals surface area (Å²) in [7, 11) is 1.62. The predicted octanol–water partition coefficient (Wildman–Crippen LogP) is 2.22. The summed E-state index contributed by atoms with van der Waals surface area (Å²) in [6.45, 7) is 1.66. The van der Waals surface area contributed by atoms with E-state index in [1.807, 2.05) is 59.5 Å². The molecule has 9 nitrogen and oxygen atoms in total. The van der Waals surface area contributed by atoms with Crippen LogP contribution in [-0.4, -0.2) is 66.1 Å². The van der Waals surface area contributed by atoms with Crippen molar-refractivity contribution in [1.29, 1.82) is 0 Å². The minimum atomic E-state index is -0.344. The Morgan fingerprint density at radius 2 is 1.72 bits per heavy atom. The molecule has 190 valence electrons. The number of hydrogen-bond acceptors (Lipinski definition) is 6. The number of primary amides is 1. The van der Waals surface area contributed by atoms with Gasteiger partial charge in [0, 0.05) is 38.4 Å². The lowest BCUT2D eigenvalue weighted by Crippen LogP contribution is -2.46. The molecule has 0 saturated carbocycles. The molecule has 0 radical (unpaired) electrons.